The lowest BCUT2D eigenvalue weighted by molar-refractivity contribution is 0.185. The maximum absolute atomic E-state index is 6.31. The lowest BCUT2D eigenvalue weighted by atomic mass is 10.0. The molecule has 2 N–H and O–H groups in total. The summed E-state index contributed by atoms with van der Waals surface area (Å²) in [5, 5.41) is 0. The Kier molecular flexibility index (Phi) is 3.49. The van der Waals surface area contributed by atoms with Gasteiger partial charge in [-0.2, -0.15) is 0 Å². The minimum Gasteiger partial charge on any atom is -0.488 e. The number of rotatable bonds is 3. The third-order valence-corrected chi connectivity index (χ3v) is 4.05. The Morgan fingerprint density at radius 1 is 1.10 bits per heavy atom. The van der Waals surface area contributed by atoms with Gasteiger partial charge in [0.2, 0.25) is 0 Å². The van der Waals surface area contributed by atoms with Gasteiger partial charge in [0.15, 0.2) is 0 Å². The summed E-state index contributed by atoms with van der Waals surface area (Å²) in [6, 6.07) is 16.7. The molecule has 104 valence electrons. The van der Waals surface area contributed by atoms with E-state index in [1.807, 2.05) is 12.1 Å². The topological polar surface area (TPSA) is 35.2 Å². The van der Waals surface area contributed by atoms with Crippen LogP contribution in [0.15, 0.2) is 48.5 Å². The molecule has 0 aliphatic heterocycles. The average molecular weight is 267 g/mol. The summed E-state index contributed by atoms with van der Waals surface area (Å²) in [6.45, 7) is 4.38. The highest BCUT2D eigenvalue weighted by Crippen LogP contribution is 2.32. The molecule has 0 heterocycles. The monoisotopic (exact) mass is 267 g/mol. The number of ether oxygens (including phenoxy) is 1. The van der Waals surface area contributed by atoms with Crippen LogP contribution in [0.4, 0.5) is 0 Å². The highest BCUT2D eigenvalue weighted by Gasteiger charge is 2.30. The molecule has 0 saturated carbocycles. The lowest BCUT2D eigenvalue weighted by Crippen LogP contribution is -2.27. The van der Waals surface area contributed by atoms with E-state index < -0.39 is 0 Å². The molecular weight excluding hydrogens is 246 g/mol. The van der Waals surface area contributed by atoms with Crippen LogP contribution in [0.25, 0.3) is 0 Å². The van der Waals surface area contributed by atoms with E-state index in [0.29, 0.717) is 5.92 Å². The molecule has 2 unspecified atom stereocenters. The van der Waals surface area contributed by atoms with Gasteiger partial charge in [-0.25, -0.2) is 0 Å². The van der Waals surface area contributed by atoms with Crippen LogP contribution >= 0.6 is 0 Å². The first-order chi connectivity index (χ1) is 9.65. The number of nitrogens with two attached hydrogens (primary N) is 1. The van der Waals surface area contributed by atoms with Crippen molar-refractivity contribution in [3.63, 3.8) is 0 Å². The fraction of sp³-hybridized carbons (Fsp3) is 0.333. The Bertz CT molecular complexity index is 606. The molecule has 1 aliphatic rings. The van der Waals surface area contributed by atoms with E-state index in [1.54, 1.807) is 0 Å². The van der Waals surface area contributed by atoms with Gasteiger partial charge >= 0.3 is 0 Å². The van der Waals surface area contributed by atoms with Crippen molar-refractivity contribution >= 4 is 0 Å². The Morgan fingerprint density at radius 2 is 1.90 bits per heavy atom. The maximum Gasteiger partial charge on any atom is 0.122 e. The second kappa shape index (κ2) is 5.29. The van der Waals surface area contributed by atoms with Crippen molar-refractivity contribution in [3.05, 3.63) is 65.2 Å². The van der Waals surface area contributed by atoms with E-state index in [1.165, 1.54) is 16.7 Å². The molecule has 2 heteroatoms. The molecule has 2 aromatic carbocycles. The Balaban J connectivity index is 1.78. The number of hydrogen-bond acceptors (Lipinski definition) is 2. The molecule has 2 atom stereocenters. The average Bonchev–Trinajstić information content (AvgIpc) is 2.76. The standard InChI is InChI=1S/C18H21NO/c1-12(2)13-7-5-8-15(10-13)20-17-11-14-6-3-4-9-16(14)18(17)19/h3-10,12,17-18H,11,19H2,1-2H3. The molecule has 0 amide bonds. The minimum atomic E-state index is -0.0334. The van der Waals surface area contributed by atoms with Crippen LogP contribution in [-0.4, -0.2) is 6.10 Å². The summed E-state index contributed by atoms with van der Waals surface area (Å²) in [5.74, 6) is 1.43. The quantitative estimate of drug-likeness (QED) is 0.917. The molecule has 2 nitrogen and oxygen atoms in total. The van der Waals surface area contributed by atoms with Gasteiger partial charge in [-0.1, -0.05) is 50.2 Å². The van der Waals surface area contributed by atoms with E-state index in [0.717, 1.165) is 12.2 Å². The van der Waals surface area contributed by atoms with Gasteiger partial charge in [0.25, 0.3) is 0 Å². The van der Waals surface area contributed by atoms with E-state index >= 15 is 0 Å². The fourth-order valence-electron chi connectivity index (χ4n) is 2.83. The number of benzene rings is 2. The van der Waals surface area contributed by atoms with Gasteiger partial charge < -0.3 is 10.5 Å². The van der Waals surface area contributed by atoms with Gasteiger partial charge in [0.1, 0.15) is 11.9 Å². The maximum atomic E-state index is 6.31. The largest absolute Gasteiger partial charge is 0.488 e. The second-order valence-corrected chi connectivity index (χ2v) is 5.81. The van der Waals surface area contributed by atoms with Crippen LogP contribution in [0.1, 0.15) is 42.5 Å². The Morgan fingerprint density at radius 3 is 2.65 bits per heavy atom. The van der Waals surface area contributed by atoms with Crippen molar-refractivity contribution in [1.29, 1.82) is 0 Å². The summed E-state index contributed by atoms with van der Waals surface area (Å²) in [6.07, 6.45) is 0.929. The fourth-order valence-corrected chi connectivity index (χ4v) is 2.83. The molecule has 0 saturated heterocycles. The SMILES string of the molecule is CC(C)c1cccc(OC2Cc3ccccc3C2N)c1. The van der Waals surface area contributed by atoms with Gasteiger partial charge in [-0.3, -0.25) is 0 Å². The van der Waals surface area contributed by atoms with E-state index in [-0.39, 0.29) is 12.1 Å². The molecule has 20 heavy (non-hydrogen) atoms. The minimum absolute atomic E-state index is 0.0334. The van der Waals surface area contributed by atoms with Crippen LogP contribution in [0.2, 0.25) is 0 Å². The first-order valence-electron chi connectivity index (χ1n) is 7.25. The molecule has 0 fully saturated rings. The van der Waals surface area contributed by atoms with Gasteiger partial charge in [0.05, 0.1) is 6.04 Å². The van der Waals surface area contributed by atoms with Crippen molar-refractivity contribution in [1.82, 2.24) is 0 Å². The Hall–Kier alpha value is -1.80. The first-order valence-corrected chi connectivity index (χ1v) is 7.25. The van der Waals surface area contributed by atoms with Gasteiger partial charge in [-0.15, -0.1) is 0 Å². The summed E-state index contributed by atoms with van der Waals surface area (Å²) in [4.78, 5) is 0. The summed E-state index contributed by atoms with van der Waals surface area (Å²) < 4.78 is 6.14. The molecular formula is C18H21NO. The summed E-state index contributed by atoms with van der Waals surface area (Å²) in [5.41, 5.74) is 10.1. The second-order valence-electron chi connectivity index (χ2n) is 5.81. The predicted molar refractivity (Wildman–Crippen MR) is 82.0 cm³/mol. The van der Waals surface area contributed by atoms with Crippen molar-refractivity contribution in [2.24, 2.45) is 5.73 Å². The summed E-state index contributed by atoms with van der Waals surface area (Å²) >= 11 is 0. The van der Waals surface area contributed by atoms with Gasteiger partial charge in [0, 0.05) is 6.42 Å². The highest BCUT2D eigenvalue weighted by atomic mass is 16.5. The van der Waals surface area contributed by atoms with Crippen molar-refractivity contribution in [2.45, 2.75) is 38.3 Å². The number of hydrogen-bond donors (Lipinski definition) is 1. The smallest absolute Gasteiger partial charge is 0.122 e. The summed E-state index contributed by atoms with van der Waals surface area (Å²) in [7, 11) is 0. The zero-order valence-electron chi connectivity index (χ0n) is 12.0. The molecule has 0 radical (unpaired) electrons. The lowest BCUT2D eigenvalue weighted by Gasteiger charge is -2.19. The zero-order valence-corrected chi connectivity index (χ0v) is 12.0. The predicted octanol–water partition coefficient (Wildman–Crippen LogP) is 3.81. The van der Waals surface area contributed by atoms with Crippen LogP contribution in [0.5, 0.6) is 5.75 Å². The number of fused-ring (bicyclic) bond motifs is 1. The molecule has 0 aromatic heterocycles. The van der Waals surface area contributed by atoms with Crippen LogP contribution in [0, 0.1) is 0 Å². The molecule has 2 aromatic rings. The highest BCUT2D eigenvalue weighted by molar-refractivity contribution is 5.37. The van der Waals surface area contributed by atoms with Crippen LogP contribution in [-0.2, 0) is 6.42 Å². The molecule has 0 spiro atoms. The van der Waals surface area contributed by atoms with Crippen LogP contribution in [0.3, 0.4) is 0 Å². The van der Waals surface area contributed by atoms with Gasteiger partial charge in [-0.05, 0) is 34.7 Å². The Labute approximate surface area is 120 Å². The van der Waals surface area contributed by atoms with Crippen molar-refractivity contribution < 1.29 is 4.74 Å². The van der Waals surface area contributed by atoms with E-state index in [9.17, 15) is 0 Å². The molecule has 3 rings (SSSR count). The zero-order chi connectivity index (χ0) is 14.1. The van der Waals surface area contributed by atoms with Crippen molar-refractivity contribution in [3.8, 4) is 5.75 Å². The van der Waals surface area contributed by atoms with E-state index in [4.69, 9.17) is 10.5 Å². The molecule has 0 bridgehead atoms. The normalized spacial score (nSPS) is 21.0. The van der Waals surface area contributed by atoms with Crippen molar-refractivity contribution in [2.75, 3.05) is 0 Å². The third kappa shape index (κ3) is 2.44. The van der Waals surface area contributed by atoms with Crippen LogP contribution < -0.4 is 10.5 Å². The first kappa shape index (κ1) is 13.2. The molecule has 1 aliphatic carbocycles. The van der Waals surface area contributed by atoms with E-state index in [2.05, 4.69) is 50.2 Å². The third-order valence-electron chi connectivity index (χ3n) is 4.05.